The summed E-state index contributed by atoms with van der Waals surface area (Å²) < 4.78 is 11.3. The van der Waals surface area contributed by atoms with E-state index in [0.717, 1.165) is 44.5 Å². The van der Waals surface area contributed by atoms with Gasteiger partial charge in [-0.25, -0.2) is 4.79 Å². The molecule has 3 rings (SSSR count). The number of carbonyl (C=O) groups is 1. The Kier molecular flexibility index (Phi) is 9.14. The highest BCUT2D eigenvalue weighted by atomic mass is 28.4. The Morgan fingerprint density at radius 1 is 1.14 bits per heavy atom. The van der Waals surface area contributed by atoms with Crippen molar-refractivity contribution >= 4 is 20.4 Å². The Labute approximate surface area is 213 Å². The molecule has 4 nitrogen and oxygen atoms in total. The minimum atomic E-state index is -1.78. The van der Waals surface area contributed by atoms with Gasteiger partial charge in [-0.05, 0) is 78.2 Å². The van der Waals surface area contributed by atoms with Crippen LogP contribution in [0, 0.1) is 6.92 Å². The number of ether oxygens (including phenoxy) is 1. The van der Waals surface area contributed by atoms with Crippen molar-refractivity contribution in [2.24, 2.45) is 0 Å². The molecule has 0 fully saturated rings. The summed E-state index contributed by atoms with van der Waals surface area (Å²) in [7, 11) is -0.377. The third-order valence-electron chi connectivity index (χ3n) is 7.84. The van der Waals surface area contributed by atoms with Crippen molar-refractivity contribution in [3.8, 4) is 0 Å². The second-order valence-corrected chi connectivity index (χ2v) is 16.0. The van der Waals surface area contributed by atoms with E-state index >= 15 is 0 Å². The molecular formula is C30H43NO3Si. The zero-order valence-electron chi connectivity index (χ0n) is 22.7. The monoisotopic (exact) mass is 493 g/mol. The molecule has 0 radical (unpaired) electrons. The standard InChI is InChI=1S/C30H43NO3Si/c1-23-10-8-9-11-25(23)18-19-31(20-21-34-35(6,7)30(2,3)4)28-16-14-26-22-24(12-15-27(26)28)13-17-29(32)33-5/h8-13,15,17,22,28H,14,16,18-21H2,1-7H3/b17-13+. The van der Waals surface area contributed by atoms with E-state index in [4.69, 9.17) is 9.16 Å². The summed E-state index contributed by atoms with van der Waals surface area (Å²) in [6.45, 7) is 16.5. The number of methoxy groups -OCH3 is 1. The van der Waals surface area contributed by atoms with E-state index in [2.05, 4.69) is 88.2 Å². The van der Waals surface area contributed by atoms with Crippen LogP contribution < -0.4 is 0 Å². The Morgan fingerprint density at radius 3 is 2.57 bits per heavy atom. The van der Waals surface area contributed by atoms with E-state index in [0.29, 0.717) is 6.04 Å². The lowest BCUT2D eigenvalue weighted by Crippen LogP contribution is -2.43. The van der Waals surface area contributed by atoms with Crippen LogP contribution in [0.4, 0.5) is 0 Å². The minimum absolute atomic E-state index is 0.215. The molecule has 0 amide bonds. The van der Waals surface area contributed by atoms with Gasteiger partial charge in [-0.15, -0.1) is 0 Å². The quantitative estimate of drug-likeness (QED) is 0.209. The molecule has 2 aromatic carbocycles. The van der Waals surface area contributed by atoms with Gasteiger partial charge in [0, 0.05) is 31.8 Å². The van der Waals surface area contributed by atoms with E-state index < -0.39 is 8.32 Å². The number of benzene rings is 2. The average Bonchev–Trinajstić information content (AvgIpc) is 3.23. The van der Waals surface area contributed by atoms with Crippen LogP contribution in [-0.2, 0) is 26.8 Å². The first-order chi connectivity index (χ1) is 16.5. The molecule has 1 aliphatic rings. The fraction of sp³-hybridized carbons (Fsp3) is 0.500. The Bertz CT molecular complexity index is 1040. The number of rotatable bonds is 10. The largest absolute Gasteiger partial charge is 0.466 e. The highest BCUT2D eigenvalue weighted by Crippen LogP contribution is 2.38. The van der Waals surface area contributed by atoms with Crippen molar-refractivity contribution in [1.82, 2.24) is 4.90 Å². The molecule has 0 aliphatic heterocycles. The van der Waals surface area contributed by atoms with Gasteiger partial charge in [0.25, 0.3) is 0 Å². The van der Waals surface area contributed by atoms with Gasteiger partial charge in [0.1, 0.15) is 0 Å². The SMILES string of the molecule is COC(=O)/C=C/c1ccc2c(c1)CCC2N(CCO[Si](C)(C)C(C)(C)C)CCc1ccccc1C. The number of hydrogen-bond acceptors (Lipinski definition) is 4. The number of nitrogens with zero attached hydrogens (tertiary/aromatic N) is 1. The lowest BCUT2D eigenvalue weighted by molar-refractivity contribution is -0.134. The predicted molar refractivity (Wildman–Crippen MR) is 148 cm³/mol. The summed E-state index contributed by atoms with van der Waals surface area (Å²) >= 11 is 0. The molecule has 0 spiro atoms. The first kappa shape index (κ1) is 27.4. The number of carbonyl (C=O) groups excluding carboxylic acids is 1. The molecule has 0 saturated heterocycles. The van der Waals surface area contributed by atoms with Crippen LogP contribution in [0.2, 0.25) is 18.1 Å². The van der Waals surface area contributed by atoms with Crippen LogP contribution in [-0.4, -0.2) is 46.0 Å². The lowest BCUT2D eigenvalue weighted by Gasteiger charge is -2.37. The summed E-state index contributed by atoms with van der Waals surface area (Å²) in [5, 5.41) is 0.215. The predicted octanol–water partition coefficient (Wildman–Crippen LogP) is 6.74. The Balaban J connectivity index is 1.76. The fourth-order valence-electron chi connectivity index (χ4n) is 4.54. The van der Waals surface area contributed by atoms with Crippen molar-refractivity contribution in [1.29, 1.82) is 0 Å². The lowest BCUT2D eigenvalue weighted by atomic mass is 10.0. The van der Waals surface area contributed by atoms with Gasteiger partial charge < -0.3 is 9.16 Å². The highest BCUT2D eigenvalue weighted by Gasteiger charge is 2.37. The van der Waals surface area contributed by atoms with E-state index in [1.807, 2.05) is 6.08 Å². The third kappa shape index (κ3) is 7.15. The molecule has 0 N–H and O–H groups in total. The first-order valence-electron chi connectivity index (χ1n) is 12.8. The number of esters is 1. The molecule has 0 heterocycles. The van der Waals surface area contributed by atoms with Gasteiger partial charge in [-0.3, -0.25) is 4.90 Å². The molecule has 1 aliphatic carbocycles. The maximum atomic E-state index is 11.5. The van der Waals surface area contributed by atoms with Crippen LogP contribution >= 0.6 is 0 Å². The molecule has 2 aromatic rings. The normalized spacial score (nSPS) is 16.2. The summed E-state index contributed by atoms with van der Waals surface area (Å²) in [6, 6.07) is 15.7. The molecular weight excluding hydrogens is 450 g/mol. The van der Waals surface area contributed by atoms with Gasteiger partial charge in [-0.1, -0.05) is 63.2 Å². The first-order valence-corrected chi connectivity index (χ1v) is 15.7. The second kappa shape index (κ2) is 11.7. The summed E-state index contributed by atoms with van der Waals surface area (Å²) in [5.74, 6) is -0.326. The third-order valence-corrected chi connectivity index (χ3v) is 12.4. The molecule has 190 valence electrons. The molecule has 35 heavy (non-hydrogen) atoms. The van der Waals surface area contributed by atoms with Crippen LogP contribution in [0.1, 0.15) is 61.1 Å². The summed E-state index contributed by atoms with van der Waals surface area (Å²) in [4.78, 5) is 14.1. The molecule has 1 atom stereocenters. The molecule has 5 heteroatoms. The average molecular weight is 494 g/mol. The Morgan fingerprint density at radius 2 is 1.89 bits per heavy atom. The van der Waals surface area contributed by atoms with Crippen molar-refractivity contribution in [3.63, 3.8) is 0 Å². The van der Waals surface area contributed by atoms with Crippen LogP contribution in [0.5, 0.6) is 0 Å². The zero-order chi connectivity index (χ0) is 25.6. The topological polar surface area (TPSA) is 38.8 Å². The zero-order valence-corrected chi connectivity index (χ0v) is 23.7. The molecule has 0 aromatic heterocycles. The summed E-state index contributed by atoms with van der Waals surface area (Å²) in [5.41, 5.74) is 6.62. The maximum absolute atomic E-state index is 11.5. The van der Waals surface area contributed by atoms with E-state index in [1.165, 1.54) is 35.4 Å². The van der Waals surface area contributed by atoms with Crippen LogP contribution in [0.3, 0.4) is 0 Å². The van der Waals surface area contributed by atoms with E-state index in [-0.39, 0.29) is 11.0 Å². The van der Waals surface area contributed by atoms with E-state index in [9.17, 15) is 4.79 Å². The van der Waals surface area contributed by atoms with Crippen molar-refractivity contribution in [2.75, 3.05) is 26.8 Å². The highest BCUT2D eigenvalue weighted by molar-refractivity contribution is 6.74. The van der Waals surface area contributed by atoms with Gasteiger partial charge in [0.05, 0.1) is 7.11 Å². The van der Waals surface area contributed by atoms with Gasteiger partial charge in [-0.2, -0.15) is 0 Å². The second-order valence-electron chi connectivity index (χ2n) is 11.2. The number of aryl methyl sites for hydroxylation is 2. The molecule has 1 unspecified atom stereocenters. The summed E-state index contributed by atoms with van der Waals surface area (Å²) in [6.07, 6.45) is 6.54. The van der Waals surface area contributed by atoms with E-state index in [1.54, 1.807) is 0 Å². The molecule has 0 saturated carbocycles. The van der Waals surface area contributed by atoms with Crippen molar-refractivity contribution in [3.05, 3.63) is 76.4 Å². The number of hydrogen-bond donors (Lipinski definition) is 0. The minimum Gasteiger partial charge on any atom is -0.466 e. The van der Waals surface area contributed by atoms with Crippen LogP contribution in [0.25, 0.3) is 6.08 Å². The van der Waals surface area contributed by atoms with Gasteiger partial charge in [0.2, 0.25) is 0 Å². The van der Waals surface area contributed by atoms with Gasteiger partial charge in [0.15, 0.2) is 8.32 Å². The van der Waals surface area contributed by atoms with Crippen LogP contribution in [0.15, 0.2) is 48.5 Å². The van der Waals surface area contributed by atoms with Crippen molar-refractivity contribution in [2.45, 2.75) is 71.1 Å². The fourth-order valence-corrected chi connectivity index (χ4v) is 5.58. The van der Waals surface area contributed by atoms with Gasteiger partial charge >= 0.3 is 5.97 Å². The Hall–Kier alpha value is -2.21. The van der Waals surface area contributed by atoms with Crippen molar-refractivity contribution < 1.29 is 14.0 Å². The smallest absolute Gasteiger partial charge is 0.330 e. The maximum Gasteiger partial charge on any atom is 0.330 e. The molecule has 0 bridgehead atoms. The number of fused-ring (bicyclic) bond motifs is 1.